The van der Waals surface area contributed by atoms with E-state index in [2.05, 4.69) is 0 Å². The van der Waals surface area contributed by atoms with Crippen LogP contribution in [-0.4, -0.2) is 35.9 Å². The summed E-state index contributed by atoms with van der Waals surface area (Å²) in [5.74, 6) is 0.444. The molecule has 6 nitrogen and oxygen atoms in total. The van der Waals surface area contributed by atoms with Gasteiger partial charge in [0.15, 0.2) is 0 Å². The van der Waals surface area contributed by atoms with E-state index in [9.17, 15) is 4.79 Å². The predicted octanol–water partition coefficient (Wildman–Crippen LogP) is 1.15. The van der Waals surface area contributed by atoms with E-state index in [0.717, 1.165) is 4.90 Å². The maximum atomic E-state index is 10.8. The van der Waals surface area contributed by atoms with Crippen LogP contribution in [-0.2, 0) is 0 Å². The SMILES string of the molecule is N=CN(C(=O)O)c1cccc(OCCO)c1. The van der Waals surface area contributed by atoms with Gasteiger partial charge in [-0.3, -0.25) is 5.41 Å². The number of aliphatic hydroxyl groups is 1. The Bertz CT molecular complexity index is 381. The van der Waals surface area contributed by atoms with Crippen molar-refractivity contribution in [3.05, 3.63) is 24.3 Å². The number of benzene rings is 1. The summed E-state index contributed by atoms with van der Waals surface area (Å²) in [5, 5.41) is 24.3. The van der Waals surface area contributed by atoms with Crippen LogP contribution in [0, 0.1) is 5.41 Å². The molecule has 0 aliphatic heterocycles. The van der Waals surface area contributed by atoms with E-state index in [1.165, 1.54) is 6.07 Å². The average Bonchev–Trinajstić information content (AvgIpc) is 2.27. The summed E-state index contributed by atoms with van der Waals surface area (Å²) >= 11 is 0. The second-order valence-electron chi connectivity index (χ2n) is 2.85. The molecule has 1 aromatic rings. The van der Waals surface area contributed by atoms with Crippen LogP contribution in [0.15, 0.2) is 24.3 Å². The van der Waals surface area contributed by atoms with Crippen molar-refractivity contribution in [3.63, 3.8) is 0 Å². The summed E-state index contributed by atoms with van der Waals surface area (Å²) in [7, 11) is 0. The lowest BCUT2D eigenvalue weighted by molar-refractivity contribution is 0.201. The topological polar surface area (TPSA) is 93.9 Å². The molecule has 3 N–H and O–H groups in total. The molecule has 16 heavy (non-hydrogen) atoms. The maximum absolute atomic E-state index is 10.8. The number of aliphatic hydroxyl groups excluding tert-OH is 1. The minimum atomic E-state index is -1.24. The predicted molar refractivity (Wildman–Crippen MR) is 58.3 cm³/mol. The number of ether oxygens (including phenoxy) is 1. The van der Waals surface area contributed by atoms with Gasteiger partial charge in [-0.15, -0.1) is 0 Å². The third-order valence-corrected chi connectivity index (χ3v) is 1.79. The molecule has 0 spiro atoms. The van der Waals surface area contributed by atoms with Crippen LogP contribution in [0.4, 0.5) is 10.5 Å². The van der Waals surface area contributed by atoms with E-state index >= 15 is 0 Å². The molecule has 0 saturated heterocycles. The number of hydrogen-bond acceptors (Lipinski definition) is 4. The molecule has 0 aromatic heterocycles. The quantitative estimate of drug-likeness (QED) is 0.516. The van der Waals surface area contributed by atoms with E-state index in [1.807, 2.05) is 0 Å². The molecule has 1 rings (SSSR count). The van der Waals surface area contributed by atoms with Crippen LogP contribution in [0.3, 0.4) is 0 Å². The van der Waals surface area contributed by atoms with Gasteiger partial charge in [0.2, 0.25) is 0 Å². The molecule has 1 amide bonds. The van der Waals surface area contributed by atoms with E-state index in [-0.39, 0.29) is 13.2 Å². The zero-order valence-electron chi connectivity index (χ0n) is 8.46. The number of carbonyl (C=O) groups is 1. The lowest BCUT2D eigenvalue weighted by atomic mass is 10.3. The lowest BCUT2D eigenvalue weighted by Gasteiger charge is -2.13. The van der Waals surface area contributed by atoms with Crippen LogP contribution in [0.5, 0.6) is 5.75 Å². The standard InChI is InChI=1S/C10H12N2O4/c11-7-12(10(14)15)8-2-1-3-9(6-8)16-5-4-13/h1-3,6-7,11,13H,4-5H2,(H,14,15). The molecule has 0 atom stereocenters. The first-order valence-corrected chi connectivity index (χ1v) is 4.55. The molecule has 0 fully saturated rings. The highest BCUT2D eigenvalue weighted by molar-refractivity contribution is 6.03. The average molecular weight is 224 g/mol. The maximum Gasteiger partial charge on any atom is 0.417 e. The Morgan fingerprint density at radius 2 is 2.31 bits per heavy atom. The van der Waals surface area contributed by atoms with Crippen LogP contribution < -0.4 is 9.64 Å². The minimum absolute atomic E-state index is 0.114. The first-order chi connectivity index (χ1) is 7.69. The van der Waals surface area contributed by atoms with Gasteiger partial charge in [0.25, 0.3) is 0 Å². The van der Waals surface area contributed by atoms with Gasteiger partial charge >= 0.3 is 6.09 Å². The molecule has 0 radical (unpaired) electrons. The van der Waals surface area contributed by atoms with Crippen molar-refractivity contribution in [1.29, 1.82) is 5.41 Å². The Hall–Kier alpha value is -2.08. The van der Waals surface area contributed by atoms with E-state index in [1.54, 1.807) is 18.2 Å². The van der Waals surface area contributed by atoms with Crippen molar-refractivity contribution in [2.75, 3.05) is 18.1 Å². The number of amides is 1. The van der Waals surface area contributed by atoms with Crippen molar-refractivity contribution in [2.24, 2.45) is 0 Å². The highest BCUT2D eigenvalue weighted by Crippen LogP contribution is 2.20. The van der Waals surface area contributed by atoms with E-state index < -0.39 is 6.09 Å². The molecule has 0 unspecified atom stereocenters. The van der Waals surface area contributed by atoms with Crippen LogP contribution in [0.25, 0.3) is 0 Å². The Balaban J connectivity index is 2.87. The molecule has 0 bridgehead atoms. The molecule has 1 aromatic carbocycles. The van der Waals surface area contributed by atoms with Crippen LogP contribution in [0.2, 0.25) is 0 Å². The zero-order chi connectivity index (χ0) is 12.0. The minimum Gasteiger partial charge on any atom is -0.491 e. The molecule has 6 heteroatoms. The summed E-state index contributed by atoms with van der Waals surface area (Å²) in [5.41, 5.74) is 0.318. The molecule has 86 valence electrons. The first-order valence-electron chi connectivity index (χ1n) is 4.55. The molecular weight excluding hydrogens is 212 g/mol. The van der Waals surface area contributed by atoms with Gasteiger partial charge in [-0.25, -0.2) is 9.69 Å². The third kappa shape index (κ3) is 2.96. The smallest absolute Gasteiger partial charge is 0.417 e. The Morgan fingerprint density at radius 1 is 1.56 bits per heavy atom. The fraction of sp³-hybridized carbons (Fsp3) is 0.200. The monoisotopic (exact) mass is 224 g/mol. The van der Waals surface area contributed by atoms with Gasteiger partial charge in [-0.2, -0.15) is 0 Å². The van der Waals surface area contributed by atoms with Gasteiger partial charge in [-0.05, 0) is 12.1 Å². The number of carboxylic acid groups (broad SMARTS) is 1. The lowest BCUT2D eigenvalue weighted by Crippen LogP contribution is -2.26. The molecule has 0 heterocycles. The first kappa shape index (κ1) is 12.0. The highest BCUT2D eigenvalue weighted by Gasteiger charge is 2.11. The molecular formula is C10H12N2O4. The third-order valence-electron chi connectivity index (χ3n) is 1.79. The van der Waals surface area contributed by atoms with Crippen LogP contribution >= 0.6 is 0 Å². The molecule has 0 aliphatic rings. The number of nitrogens with zero attached hydrogens (tertiary/aromatic N) is 1. The number of hydrogen-bond donors (Lipinski definition) is 3. The largest absolute Gasteiger partial charge is 0.491 e. The number of rotatable bonds is 5. The molecule has 0 aliphatic carbocycles. The Kier molecular flexibility index (Phi) is 4.28. The second kappa shape index (κ2) is 5.72. The van der Waals surface area contributed by atoms with Crippen molar-refractivity contribution in [3.8, 4) is 5.75 Å². The number of anilines is 1. The van der Waals surface area contributed by atoms with Gasteiger partial charge in [0.05, 0.1) is 18.6 Å². The summed E-state index contributed by atoms with van der Waals surface area (Å²) < 4.78 is 5.13. The number of nitrogens with one attached hydrogen (secondary N) is 1. The van der Waals surface area contributed by atoms with Crippen molar-refractivity contribution >= 4 is 18.1 Å². The summed E-state index contributed by atoms with van der Waals surface area (Å²) in [6.45, 7) is 0.0263. The van der Waals surface area contributed by atoms with Crippen LogP contribution in [0.1, 0.15) is 0 Å². The van der Waals surface area contributed by atoms with Crippen molar-refractivity contribution < 1.29 is 19.7 Å². The fourth-order valence-corrected chi connectivity index (χ4v) is 1.13. The second-order valence-corrected chi connectivity index (χ2v) is 2.85. The van der Waals surface area contributed by atoms with Crippen molar-refractivity contribution in [1.82, 2.24) is 0 Å². The van der Waals surface area contributed by atoms with Crippen molar-refractivity contribution in [2.45, 2.75) is 0 Å². The van der Waals surface area contributed by atoms with E-state index in [0.29, 0.717) is 17.8 Å². The zero-order valence-corrected chi connectivity index (χ0v) is 8.46. The fourth-order valence-electron chi connectivity index (χ4n) is 1.13. The highest BCUT2D eigenvalue weighted by atomic mass is 16.5. The van der Waals surface area contributed by atoms with Gasteiger partial charge in [0, 0.05) is 6.07 Å². The molecule has 0 saturated carbocycles. The summed E-state index contributed by atoms with van der Waals surface area (Å²) in [4.78, 5) is 11.5. The summed E-state index contributed by atoms with van der Waals surface area (Å²) in [6, 6.07) is 6.28. The van der Waals surface area contributed by atoms with E-state index in [4.69, 9.17) is 20.4 Å². The van der Waals surface area contributed by atoms with Gasteiger partial charge in [-0.1, -0.05) is 6.07 Å². The summed E-state index contributed by atoms with van der Waals surface area (Å²) in [6.07, 6.45) is -0.540. The Morgan fingerprint density at radius 3 is 2.88 bits per heavy atom. The normalized spacial score (nSPS) is 9.56. The van der Waals surface area contributed by atoms with Gasteiger partial charge < -0.3 is 14.9 Å². The Labute approximate surface area is 92.2 Å². The van der Waals surface area contributed by atoms with Gasteiger partial charge in [0.1, 0.15) is 12.4 Å².